The van der Waals surface area contributed by atoms with E-state index in [1.165, 1.54) is 0 Å². The van der Waals surface area contributed by atoms with E-state index >= 15 is 0 Å². The summed E-state index contributed by atoms with van der Waals surface area (Å²) in [5.74, 6) is -0.650. The van der Waals surface area contributed by atoms with Gasteiger partial charge in [-0.05, 0) is 31.0 Å². The third-order valence-corrected chi connectivity index (χ3v) is 4.61. The Hall–Kier alpha value is -1.18. The quantitative estimate of drug-likeness (QED) is 0.680. The van der Waals surface area contributed by atoms with Crippen molar-refractivity contribution in [2.24, 2.45) is 5.41 Å². The molecule has 1 saturated carbocycles. The van der Waals surface area contributed by atoms with Crippen LogP contribution in [-0.2, 0) is 10.0 Å². The normalized spacial score (nSPS) is 17.7. The van der Waals surface area contributed by atoms with Gasteiger partial charge in [-0.25, -0.2) is 17.5 Å². The highest BCUT2D eigenvalue weighted by atomic mass is 32.2. The molecule has 1 fully saturated rings. The second-order valence-corrected chi connectivity index (χ2v) is 6.43. The molecule has 4 N–H and O–H groups in total. The number of halogens is 1. The molecular weight excluding hydrogens is 259 g/mol. The van der Waals surface area contributed by atoms with Gasteiger partial charge in [0.2, 0.25) is 10.0 Å². The second-order valence-electron chi connectivity index (χ2n) is 4.67. The molecule has 0 bridgehead atoms. The van der Waals surface area contributed by atoms with Crippen molar-refractivity contribution >= 4 is 15.7 Å². The van der Waals surface area contributed by atoms with E-state index in [0.29, 0.717) is 0 Å². The number of rotatable bonds is 5. The number of hydrogen-bond donors (Lipinski definition) is 3. The minimum Gasteiger partial charge on any atom is -0.396 e. The van der Waals surface area contributed by atoms with Crippen molar-refractivity contribution in [1.82, 2.24) is 4.72 Å². The average molecular weight is 274 g/mol. The molecule has 7 heteroatoms. The van der Waals surface area contributed by atoms with Gasteiger partial charge in [-0.1, -0.05) is 0 Å². The average Bonchev–Trinajstić information content (AvgIpc) is 3.11. The van der Waals surface area contributed by atoms with Gasteiger partial charge in [-0.2, -0.15) is 0 Å². The summed E-state index contributed by atoms with van der Waals surface area (Å²) < 4.78 is 39.2. The molecule has 2 rings (SSSR count). The van der Waals surface area contributed by atoms with Gasteiger partial charge in [-0.15, -0.1) is 0 Å². The van der Waals surface area contributed by atoms with Crippen LogP contribution in [0.2, 0.25) is 0 Å². The molecule has 1 aromatic rings. The molecule has 5 nitrogen and oxygen atoms in total. The fraction of sp³-hybridized carbons (Fsp3) is 0.455. The molecule has 18 heavy (non-hydrogen) atoms. The predicted molar refractivity (Wildman–Crippen MR) is 64.8 cm³/mol. The molecule has 0 spiro atoms. The Morgan fingerprint density at radius 2 is 2.11 bits per heavy atom. The predicted octanol–water partition coefficient (Wildman–Crippen LogP) is 0.459. The Morgan fingerprint density at radius 1 is 1.44 bits per heavy atom. The molecule has 0 aromatic heterocycles. The van der Waals surface area contributed by atoms with Crippen LogP contribution in [0.5, 0.6) is 0 Å². The SMILES string of the molecule is Nc1cc(S(=O)(=O)NCC2(CO)CC2)ccc1F. The Bertz CT molecular complexity index is 555. The summed E-state index contributed by atoms with van der Waals surface area (Å²) in [7, 11) is -3.71. The lowest BCUT2D eigenvalue weighted by Gasteiger charge is -2.13. The topological polar surface area (TPSA) is 92.4 Å². The first-order chi connectivity index (χ1) is 8.38. The molecule has 1 aromatic carbocycles. The van der Waals surface area contributed by atoms with Gasteiger partial charge in [0.1, 0.15) is 5.82 Å². The van der Waals surface area contributed by atoms with Crippen LogP contribution >= 0.6 is 0 Å². The van der Waals surface area contributed by atoms with Crippen molar-refractivity contribution in [2.45, 2.75) is 17.7 Å². The smallest absolute Gasteiger partial charge is 0.240 e. The molecule has 0 saturated heterocycles. The lowest BCUT2D eigenvalue weighted by molar-refractivity contribution is 0.213. The molecule has 1 aliphatic rings. The summed E-state index contributed by atoms with van der Waals surface area (Å²) in [6.45, 7) is 0.143. The molecule has 0 aliphatic heterocycles. The van der Waals surface area contributed by atoms with Crippen LogP contribution < -0.4 is 10.5 Å². The minimum absolute atomic E-state index is 0.0406. The van der Waals surface area contributed by atoms with Gasteiger partial charge < -0.3 is 10.8 Å². The number of aliphatic hydroxyl groups excluding tert-OH is 1. The highest BCUT2D eigenvalue weighted by Crippen LogP contribution is 2.44. The lowest BCUT2D eigenvalue weighted by atomic mass is 10.1. The largest absolute Gasteiger partial charge is 0.396 e. The zero-order valence-electron chi connectivity index (χ0n) is 9.69. The van der Waals surface area contributed by atoms with Gasteiger partial charge in [-0.3, -0.25) is 0 Å². The maximum absolute atomic E-state index is 13.0. The number of benzene rings is 1. The Labute approximate surface area is 105 Å². The maximum Gasteiger partial charge on any atom is 0.240 e. The number of anilines is 1. The zero-order valence-corrected chi connectivity index (χ0v) is 10.5. The standard InChI is InChI=1S/C11H15FN2O3S/c12-9-2-1-8(5-10(9)13)18(16,17)14-6-11(7-15)3-4-11/h1-2,5,14-15H,3-4,6-7,13H2. The highest BCUT2D eigenvalue weighted by molar-refractivity contribution is 7.89. The van der Waals surface area contributed by atoms with Crippen LogP contribution in [0.4, 0.5) is 10.1 Å². The van der Waals surface area contributed by atoms with Crippen molar-refractivity contribution in [2.75, 3.05) is 18.9 Å². The van der Waals surface area contributed by atoms with Crippen LogP contribution in [0.3, 0.4) is 0 Å². The molecule has 0 unspecified atom stereocenters. The zero-order chi connectivity index (χ0) is 13.4. The first-order valence-corrected chi connectivity index (χ1v) is 7.02. The fourth-order valence-electron chi connectivity index (χ4n) is 1.59. The van der Waals surface area contributed by atoms with Gasteiger partial charge in [0, 0.05) is 18.6 Å². The number of nitrogens with one attached hydrogen (secondary N) is 1. The van der Waals surface area contributed by atoms with E-state index in [1.807, 2.05) is 0 Å². The van der Waals surface area contributed by atoms with E-state index in [4.69, 9.17) is 10.8 Å². The van der Waals surface area contributed by atoms with E-state index in [-0.39, 0.29) is 29.1 Å². The van der Waals surface area contributed by atoms with Crippen LogP contribution in [0.25, 0.3) is 0 Å². The first kappa shape index (κ1) is 13.3. The number of nitrogen functional groups attached to an aromatic ring is 1. The highest BCUT2D eigenvalue weighted by Gasteiger charge is 2.42. The fourth-order valence-corrected chi connectivity index (χ4v) is 2.78. The summed E-state index contributed by atoms with van der Waals surface area (Å²) in [6.07, 6.45) is 1.61. The third kappa shape index (κ3) is 2.63. The summed E-state index contributed by atoms with van der Waals surface area (Å²) in [5, 5.41) is 9.10. The minimum atomic E-state index is -3.71. The summed E-state index contributed by atoms with van der Waals surface area (Å²) in [6, 6.07) is 3.26. The van der Waals surface area contributed by atoms with Crippen molar-refractivity contribution in [1.29, 1.82) is 0 Å². The molecule has 0 atom stereocenters. The molecular formula is C11H15FN2O3S. The van der Waals surface area contributed by atoms with Crippen molar-refractivity contribution in [3.8, 4) is 0 Å². The van der Waals surface area contributed by atoms with Gasteiger partial charge in [0.05, 0.1) is 10.6 Å². The Balaban J connectivity index is 2.13. The van der Waals surface area contributed by atoms with Crippen LogP contribution in [0.15, 0.2) is 23.1 Å². The Morgan fingerprint density at radius 3 is 2.61 bits per heavy atom. The van der Waals surface area contributed by atoms with Crippen molar-refractivity contribution < 1.29 is 17.9 Å². The second kappa shape index (κ2) is 4.49. The molecule has 0 radical (unpaired) electrons. The Kier molecular flexibility index (Phi) is 3.31. The van der Waals surface area contributed by atoms with Crippen molar-refractivity contribution in [3.63, 3.8) is 0 Å². The van der Waals surface area contributed by atoms with Gasteiger partial charge in [0.15, 0.2) is 0 Å². The molecule has 0 amide bonds. The van der Waals surface area contributed by atoms with Crippen LogP contribution in [-0.4, -0.2) is 26.7 Å². The monoisotopic (exact) mass is 274 g/mol. The summed E-state index contributed by atoms with van der Waals surface area (Å²) in [4.78, 5) is -0.0739. The number of nitrogens with two attached hydrogens (primary N) is 1. The van der Waals surface area contributed by atoms with Crippen molar-refractivity contribution in [3.05, 3.63) is 24.0 Å². The molecule has 100 valence electrons. The summed E-state index contributed by atoms with van der Waals surface area (Å²) in [5.41, 5.74) is 4.80. The maximum atomic E-state index is 13.0. The van der Waals surface area contributed by atoms with Gasteiger partial charge in [0.25, 0.3) is 0 Å². The third-order valence-electron chi connectivity index (χ3n) is 3.21. The summed E-state index contributed by atoms with van der Waals surface area (Å²) >= 11 is 0. The first-order valence-electron chi connectivity index (χ1n) is 5.54. The number of sulfonamides is 1. The van der Waals surface area contributed by atoms with E-state index < -0.39 is 15.8 Å². The van der Waals surface area contributed by atoms with E-state index in [1.54, 1.807) is 0 Å². The van der Waals surface area contributed by atoms with E-state index in [2.05, 4.69) is 4.72 Å². The number of aliphatic hydroxyl groups is 1. The van der Waals surface area contributed by atoms with Crippen LogP contribution in [0.1, 0.15) is 12.8 Å². The lowest BCUT2D eigenvalue weighted by Crippen LogP contribution is -2.32. The molecule has 0 heterocycles. The van der Waals surface area contributed by atoms with E-state index in [9.17, 15) is 12.8 Å². The van der Waals surface area contributed by atoms with Gasteiger partial charge >= 0.3 is 0 Å². The number of hydrogen-bond acceptors (Lipinski definition) is 4. The van der Waals surface area contributed by atoms with Crippen LogP contribution in [0, 0.1) is 11.2 Å². The molecule has 1 aliphatic carbocycles. The van der Waals surface area contributed by atoms with E-state index in [0.717, 1.165) is 31.0 Å².